The molecule has 0 bridgehead atoms. The Labute approximate surface area is 90.5 Å². The minimum absolute atomic E-state index is 0.0544. The molecule has 0 saturated carbocycles. The van der Waals surface area contributed by atoms with Crippen molar-refractivity contribution in [3.63, 3.8) is 0 Å². The van der Waals surface area contributed by atoms with Gasteiger partial charge in [0.2, 0.25) is 0 Å². The minimum atomic E-state index is 0.0544. The molecule has 2 N–H and O–H groups in total. The fraction of sp³-hybridized carbons (Fsp3) is 1.00. The molecule has 0 aromatic rings. The molecule has 2 atom stereocenters. The first-order chi connectivity index (χ1) is 6.39. The molecular formula is C13H29N. The van der Waals surface area contributed by atoms with E-state index in [1.807, 2.05) is 0 Å². The maximum absolute atomic E-state index is 6.30. The highest BCUT2D eigenvalue weighted by molar-refractivity contribution is 4.81. The third-order valence-electron chi connectivity index (χ3n) is 3.28. The molecule has 0 rings (SSSR count). The van der Waals surface area contributed by atoms with Crippen molar-refractivity contribution in [3.05, 3.63) is 0 Å². The molecule has 0 saturated heterocycles. The van der Waals surface area contributed by atoms with E-state index in [9.17, 15) is 0 Å². The molecule has 0 aromatic heterocycles. The molecular weight excluding hydrogens is 170 g/mol. The van der Waals surface area contributed by atoms with Crippen LogP contribution in [-0.2, 0) is 0 Å². The molecule has 0 aromatic carbocycles. The van der Waals surface area contributed by atoms with Crippen molar-refractivity contribution in [1.29, 1.82) is 0 Å². The Morgan fingerprint density at radius 2 is 1.71 bits per heavy atom. The van der Waals surface area contributed by atoms with E-state index < -0.39 is 0 Å². The van der Waals surface area contributed by atoms with Crippen LogP contribution in [0.5, 0.6) is 0 Å². The molecule has 0 fully saturated rings. The van der Waals surface area contributed by atoms with Gasteiger partial charge < -0.3 is 5.73 Å². The van der Waals surface area contributed by atoms with Gasteiger partial charge in [0.15, 0.2) is 0 Å². The second kappa shape index (κ2) is 6.44. The molecule has 0 spiro atoms. The average Bonchev–Trinajstić information content (AvgIpc) is 2.03. The van der Waals surface area contributed by atoms with Gasteiger partial charge in [-0.2, -0.15) is 0 Å². The van der Waals surface area contributed by atoms with Gasteiger partial charge in [-0.1, -0.05) is 47.0 Å². The van der Waals surface area contributed by atoms with Gasteiger partial charge >= 0.3 is 0 Å². The molecule has 0 aliphatic rings. The van der Waals surface area contributed by atoms with E-state index in [0.29, 0.717) is 0 Å². The molecule has 0 aliphatic carbocycles. The number of hydrogen-bond acceptors (Lipinski definition) is 1. The summed E-state index contributed by atoms with van der Waals surface area (Å²) < 4.78 is 0. The van der Waals surface area contributed by atoms with Crippen molar-refractivity contribution < 1.29 is 0 Å². The normalized spacial score (nSPS) is 18.2. The monoisotopic (exact) mass is 199 g/mol. The second-order valence-corrected chi connectivity index (χ2v) is 5.54. The van der Waals surface area contributed by atoms with E-state index in [1.165, 1.54) is 25.7 Å². The fourth-order valence-electron chi connectivity index (χ4n) is 1.85. The number of rotatable bonds is 7. The zero-order valence-corrected chi connectivity index (χ0v) is 10.8. The highest BCUT2D eigenvalue weighted by Crippen LogP contribution is 2.24. The summed E-state index contributed by atoms with van der Waals surface area (Å²) in [5.41, 5.74) is 6.35. The van der Waals surface area contributed by atoms with Crippen LogP contribution in [0.2, 0.25) is 0 Å². The predicted molar refractivity (Wildman–Crippen MR) is 65.4 cm³/mol. The lowest BCUT2D eigenvalue weighted by molar-refractivity contribution is 0.277. The van der Waals surface area contributed by atoms with E-state index >= 15 is 0 Å². The first kappa shape index (κ1) is 14.0. The van der Waals surface area contributed by atoms with Crippen molar-refractivity contribution in [3.8, 4) is 0 Å². The van der Waals surface area contributed by atoms with Crippen molar-refractivity contribution in [2.75, 3.05) is 0 Å². The van der Waals surface area contributed by atoms with Gasteiger partial charge in [-0.05, 0) is 31.6 Å². The van der Waals surface area contributed by atoms with Crippen LogP contribution >= 0.6 is 0 Å². The molecule has 86 valence electrons. The molecule has 1 heteroatoms. The Bertz CT molecular complexity index is 138. The Morgan fingerprint density at radius 3 is 2.14 bits per heavy atom. The summed E-state index contributed by atoms with van der Waals surface area (Å²) in [6.45, 7) is 11.3. The van der Waals surface area contributed by atoms with Crippen LogP contribution in [0.1, 0.15) is 66.7 Å². The lowest BCUT2D eigenvalue weighted by Gasteiger charge is -2.29. The van der Waals surface area contributed by atoms with Crippen LogP contribution < -0.4 is 5.73 Å². The van der Waals surface area contributed by atoms with Crippen molar-refractivity contribution in [2.45, 2.75) is 72.3 Å². The van der Waals surface area contributed by atoms with Gasteiger partial charge in [0.05, 0.1) is 0 Å². The third-order valence-corrected chi connectivity index (χ3v) is 3.28. The zero-order valence-electron chi connectivity index (χ0n) is 10.8. The molecule has 1 nitrogen and oxygen atoms in total. The van der Waals surface area contributed by atoms with Gasteiger partial charge in [0.1, 0.15) is 0 Å². The van der Waals surface area contributed by atoms with E-state index in [4.69, 9.17) is 5.73 Å². The van der Waals surface area contributed by atoms with Crippen molar-refractivity contribution in [2.24, 2.45) is 17.6 Å². The second-order valence-electron chi connectivity index (χ2n) is 5.54. The molecule has 0 radical (unpaired) electrons. The van der Waals surface area contributed by atoms with Gasteiger partial charge in [-0.15, -0.1) is 0 Å². The summed E-state index contributed by atoms with van der Waals surface area (Å²) in [7, 11) is 0. The molecule has 14 heavy (non-hydrogen) atoms. The summed E-state index contributed by atoms with van der Waals surface area (Å²) in [5, 5.41) is 0. The zero-order chi connectivity index (χ0) is 11.2. The van der Waals surface area contributed by atoms with Gasteiger partial charge in [-0.3, -0.25) is 0 Å². The minimum Gasteiger partial charge on any atom is -0.325 e. The Kier molecular flexibility index (Phi) is 6.43. The summed E-state index contributed by atoms with van der Waals surface area (Å²) in [5.74, 6) is 1.50. The van der Waals surface area contributed by atoms with Crippen LogP contribution in [0.15, 0.2) is 0 Å². The standard InChI is InChI=1S/C13H29N/c1-6-7-8-9-13(5,14)10-12(4)11(2)3/h11-12H,6-10,14H2,1-5H3. The summed E-state index contributed by atoms with van der Waals surface area (Å²) in [6.07, 6.45) is 6.24. The van der Waals surface area contributed by atoms with E-state index in [2.05, 4.69) is 34.6 Å². The van der Waals surface area contributed by atoms with E-state index in [1.54, 1.807) is 0 Å². The lowest BCUT2D eigenvalue weighted by atomic mass is 9.82. The van der Waals surface area contributed by atoms with Crippen LogP contribution in [0.25, 0.3) is 0 Å². The smallest absolute Gasteiger partial charge is 0.0128 e. The maximum Gasteiger partial charge on any atom is 0.0128 e. The Morgan fingerprint density at radius 1 is 1.14 bits per heavy atom. The first-order valence-corrected chi connectivity index (χ1v) is 6.18. The Hall–Kier alpha value is -0.0400. The quantitative estimate of drug-likeness (QED) is 0.617. The molecule has 0 heterocycles. The number of hydrogen-bond donors (Lipinski definition) is 1. The summed E-state index contributed by atoms with van der Waals surface area (Å²) >= 11 is 0. The molecule has 2 unspecified atom stereocenters. The lowest BCUT2D eigenvalue weighted by Crippen LogP contribution is -2.38. The largest absolute Gasteiger partial charge is 0.325 e. The topological polar surface area (TPSA) is 26.0 Å². The van der Waals surface area contributed by atoms with Gasteiger partial charge in [0, 0.05) is 5.54 Å². The first-order valence-electron chi connectivity index (χ1n) is 6.18. The van der Waals surface area contributed by atoms with Crippen LogP contribution in [0.3, 0.4) is 0 Å². The van der Waals surface area contributed by atoms with Gasteiger partial charge in [-0.25, -0.2) is 0 Å². The Balaban J connectivity index is 3.81. The summed E-state index contributed by atoms with van der Waals surface area (Å²) in [6, 6.07) is 0. The highest BCUT2D eigenvalue weighted by atomic mass is 14.7. The van der Waals surface area contributed by atoms with Crippen LogP contribution in [0, 0.1) is 11.8 Å². The van der Waals surface area contributed by atoms with E-state index in [-0.39, 0.29) is 5.54 Å². The maximum atomic E-state index is 6.30. The third kappa shape index (κ3) is 6.42. The van der Waals surface area contributed by atoms with Crippen LogP contribution in [-0.4, -0.2) is 5.54 Å². The highest BCUT2D eigenvalue weighted by Gasteiger charge is 2.22. The number of nitrogens with two attached hydrogens (primary N) is 1. The summed E-state index contributed by atoms with van der Waals surface area (Å²) in [4.78, 5) is 0. The molecule has 0 aliphatic heterocycles. The predicted octanol–water partition coefficient (Wildman–Crippen LogP) is 3.97. The SMILES string of the molecule is CCCCCC(C)(N)CC(C)C(C)C. The number of unbranched alkanes of at least 4 members (excludes halogenated alkanes) is 2. The van der Waals surface area contributed by atoms with Crippen LogP contribution in [0.4, 0.5) is 0 Å². The van der Waals surface area contributed by atoms with Crippen molar-refractivity contribution in [1.82, 2.24) is 0 Å². The van der Waals surface area contributed by atoms with Crippen molar-refractivity contribution >= 4 is 0 Å². The fourth-order valence-corrected chi connectivity index (χ4v) is 1.85. The average molecular weight is 199 g/mol. The van der Waals surface area contributed by atoms with Gasteiger partial charge in [0.25, 0.3) is 0 Å². The van der Waals surface area contributed by atoms with E-state index in [0.717, 1.165) is 18.3 Å². The molecule has 0 amide bonds.